The van der Waals surface area contributed by atoms with E-state index >= 15 is 0 Å². The lowest BCUT2D eigenvalue weighted by atomic mass is 9.58. The Hall–Kier alpha value is -3.42. The van der Waals surface area contributed by atoms with Crippen molar-refractivity contribution in [2.24, 2.45) is 17.6 Å². The number of aliphatic hydroxyl groups is 3. The number of ketones is 2. The zero-order valence-corrected chi connectivity index (χ0v) is 23.5. The van der Waals surface area contributed by atoms with Crippen LogP contribution in [0.15, 0.2) is 28.7 Å². The fraction of sp³-hybridized carbons (Fsp3) is 0.552. The number of aromatic hydroxyl groups is 1. The van der Waals surface area contributed by atoms with Gasteiger partial charge in [0.2, 0.25) is 5.78 Å². The molecular weight excluding hydrogens is 559 g/mol. The Labute approximate surface area is 239 Å². The molecule has 10 nitrogen and oxygen atoms in total. The molecule has 0 radical (unpaired) electrons. The minimum absolute atomic E-state index is 0.0855. The SMILES string of the molecule is CCN(Cc1cc(O)c2c(c1C(F)(F)F)CC1C[C@H]3[C@H](N(C)C)C(O)=C(C(N)=O)C(=O)[C@@]3(O)C(O)=C1C2=O)C1CCC1. The molecule has 0 spiro atoms. The quantitative estimate of drug-likeness (QED) is 0.312. The van der Waals surface area contributed by atoms with Crippen molar-refractivity contribution in [3.05, 3.63) is 51.0 Å². The number of hydrogen-bond acceptors (Lipinski definition) is 9. The maximum atomic E-state index is 14.7. The molecule has 13 heteroatoms. The van der Waals surface area contributed by atoms with E-state index in [2.05, 4.69) is 0 Å². The summed E-state index contributed by atoms with van der Waals surface area (Å²) < 4.78 is 44.2. The van der Waals surface area contributed by atoms with Crippen LogP contribution in [0, 0.1) is 11.8 Å². The molecule has 4 aliphatic rings. The molecule has 1 amide bonds. The highest BCUT2D eigenvalue weighted by atomic mass is 19.4. The highest BCUT2D eigenvalue weighted by Crippen LogP contribution is 2.54. The topological polar surface area (TPSA) is 165 Å². The lowest BCUT2D eigenvalue weighted by Gasteiger charge is -2.50. The van der Waals surface area contributed by atoms with Gasteiger partial charge < -0.3 is 26.2 Å². The van der Waals surface area contributed by atoms with Crippen LogP contribution in [0.2, 0.25) is 0 Å². The number of amides is 1. The number of phenols is 1. The first kappa shape index (κ1) is 30.1. The minimum Gasteiger partial charge on any atom is -0.510 e. The number of phenolic OH excluding ortho intramolecular Hbond substituents is 1. The van der Waals surface area contributed by atoms with Crippen molar-refractivity contribution >= 4 is 17.5 Å². The van der Waals surface area contributed by atoms with Gasteiger partial charge in [0, 0.05) is 24.1 Å². The standard InChI is InChI=1S/C29H34F3N3O7/c1-4-35(14-6-5-7-14)11-13-10-17(36)19-15(21(13)29(30,31)32)8-12-9-16-22(34(2)3)24(38)20(27(33)41)26(40)28(16,42)25(39)18(12)23(19)37/h10,12,14,16,22,36,38-39,42H,4-9,11H2,1-3H3,(H2,33,41)/t12?,16-,22-,28-/m0/s1. The first-order valence-corrected chi connectivity index (χ1v) is 13.9. The summed E-state index contributed by atoms with van der Waals surface area (Å²) in [6.45, 7) is 2.25. The van der Waals surface area contributed by atoms with Crippen LogP contribution >= 0.6 is 0 Å². The summed E-state index contributed by atoms with van der Waals surface area (Å²) in [6, 6.07) is -0.187. The van der Waals surface area contributed by atoms with Gasteiger partial charge in [-0.3, -0.25) is 24.2 Å². The number of carbonyl (C=O) groups excluding carboxylic acids is 3. The average Bonchev–Trinajstić information content (AvgIpc) is 2.83. The fourth-order valence-electron chi connectivity index (χ4n) is 7.34. The number of aliphatic hydroxyl groups excluding tert-OH is 2. The van der Waals surface area contributed by atoms with Crippen LogP contribution in [0.25, 0.3) is 0 Å². The summed E-state index contributed by atoms with van der Waals surface area (Å²) in [7, 11) is 2.95. The lowest BCUT2D eigenvalue weighted by molar-refractivity contribution is -0.148. The predicted molar refractivity (Wildman–Crippen MR) is 142 cm³/mol. The van der Waals surface area contributed by atoms with Gasteiger partial charge in [-0.15, -0.1) is 0 Å². The summed E-state index contributed by atoms with van der Waals surface area (Å²) in [4.78, 5) is 42.5. The molecule has 4 aliphatic carbocycles. The number of primary amides is 1. The van der Waals surface area contributed by atoms with E-state index in [0.717, 1.165) is 25.3 Å². The number of fused-ring (bicyclic) bond motifs is 3. The van der Waals surface area contributed by atoms with Crippen molar-refractivity contribution in [3.8, 4) is 5.75 Å². The number of nitrogens with zero attached hydrogens (tertiary/aromatic N) is 2. The Morgan fingerprint density at radius 3 is 2.31 bits per heavy atom. The Bertz CT molecular complexity index is 1450. The monoisotopic (exact) mass is 593 g/mol. The van der Waals surface area contributed by atoms with Crippen LogP contribution in [0.4, 0.5) is 13.2 Å². The summed E-state index contributed by atoms with van der Waals surface area (Å²) >= 11 is 0. The van der Waals surface area contributed by atoms with E-state index in [-0.39, 0.29) is 24.6 Å². The number of likely N-dealkylation sites (N-methyl/N-ethyl adjacent to an activating group) is 1. The Balaban J connectivity index is 1.69. The molecule has 42 heavy (non-hydrogen) atoms. The third-order valence-electron chi connectivity index (χ3n) is 9.46. The van der Waals surface area contributed by atoms with Gasteiger partial charge in [0.15, 0.2) is 11.4 Å². The van der Waals surface area contributed by atoms with Crippen LogP contribution in [-0.4, -0.2) is 86.0 Å². The molecule has 1 aromatic rings. The molecule has 1 saturated carbocycles. The van der Waals surface area contributed by atoms with Crippen molar-refractivity contribution in [1.82, 2.24) is 9.80 Å². The molecular formula is C29H34F3N3O7. The molecule has 4 atom stereocenters. The Morgan fingerprint density at radius 1 is 1.17 bits per heavy atom. The molecule has 0 heterocycles. The van der Waals surface area contributed by atoms with Gasteiger partial charge in [0.05, 0.1) is 17.2 Å². The van der Waals surface area contributed by atoms with Gasteiger partial charge in [0.1, 0.15) is 22.8 Å². The largest absolute Gasteiger partial charge is 0.510 e. The number of benzene rings is 1. The van der Waals surface area contributed by atoms with Crippen molar-refractivity contribution < 1.29 is 48.0 Å². The Morgan fingerprint density at radius 2 is 1.81 bits per heavy atom. The number of halogens is 3. The highest BCUT2D eigenvalue weighted by Gasteiger charge is 2.63. The van der Waals surface area contributed by atoms with Gasteiger partial charge in [-0.05, 0) is 69.4 Å². The van der Waals surface area contributed by atoms with Gasteiger partial charge in [-0.2, -0.15) is 13.2 Å². The van der Waals surface area contributed by atoms with Crippen LogP contribution in [-0.2, 0) is 28.7 Å². The van der Waals surface area contributed by atoms with Crippen molar-refractivity contribution in [3.63, 3.8) is 0 Å². The zero-order chi connectivity index (χ0) is 31.0. The molecule has 6 N–H and O–H groups in total. The maximum absolute atomic E-state index is 14.7. The third-order valence-corrected chi connectivity index (χ3v) is 9.46. The first-order valence-electron chi connectivity index (χ1n) is 13.9. The van der Waals surface area contributed by atoms with Crippen molar-refractivity contribution in [2.45, 2.75) is 69.4 Å². The van der Waals surface area contributed by atoms with Gasteiger partial charge >= 0.3 is 6.18 Å². The van der Waals surface area contributed by atoms with Crippen LogP contribution < -0.4 is 5.73 Å². The van der Waals surface area contributed by atoms with E-state index in [9.17, 15) is 48.0 Å². The first-order chi connectivity index (χ1) is 19.5. The second-order valence-electron chi connectivity index (χ2n) is 11.9. The van der Waals surface area contributed by atoms with Gasteiger partial charge in [-0.1, -0.05) is 13.3 Å². The molecule has 5 rings (SSSR count). The minimum atomic E-state index is -4.88. The predicted octanol–water partition coefficient (Wildman–Crippen LogP) is 2.51. The molecule has 228 valence electrons. The number of nitrogens with two attached hydrogens (primary N) is 1. The number of hydrogen-bond donors (Lipinski definition) is 5. The van der Waals surface area contributed by atoms with Crippen molar-refractivity contribution in [1.29, 1.82) is 0 Å². The fourth-order valence-corrected chi connectivity index (χ4v) is 7.34. The molecule has 0 saturated heterocycles. The van der Waals surface area contributed by atoms with Crippen LogP contribution in [0.5, 0.6) is 5.75 Å². The lowest BCUT2D eigenvalue weighted by Crippen LogP contribution is -2.63. The van der Waals surface area contributed by atoms with Gasteiger partial charge in [0.25, 0.3) is 5.91 Å². The molecule has 1 unspecified atom stereocenters. The molecule has 0 aliphatic heterocycles. The van der Waals surface area contributed by atoms with Gasteiger partial charge in [-0.25, -0.2) is 0 Å². The van der Waals surface area contributed by atoms with Crippen LogP contribution in [0.3, 0.4) is 0 Å². The summed E-state index contributed by atoms with van der Waals surface area (Å²) in [6.07, 6.45) is -2.91. The molecule has 1 fully saturated rings. The van der Waals surface area contributed by atoms with E-state index in [1.807, 2.05) is 11.8 Å². The molecule has 1 aromatic carbocycles. The molecule has 0 aromatic heterocycles. The van der Waals surface area contributed by atoms with E-state index < -0.39 is 98.7 Å². The van der Waals surface area contributed by atoms with Crippen molar-refractivity contribution in [2.75, 3.05) is 20.6 Å². The Kier molecular flexibility index (Phi) is 7.22. The summed E-state index contributed by atoms with van der Waals surface area (Å²) in [5.74, 6) is -8.93. The zero-order valence-electron chi connectivity index (χ0n) is 23.5. The third kappa shape index (κ3) is 4.23. The number of alkyl halides is 3. The van der Waals surface area contributed by atoms with E-state index in [1.165, 1.54) is 19.0 Å². The number of carbonyl (C=O) groups is 3. The van der Waals surface area contributed by atoms with Crippen LogP contribution in [0.1, 0.15) is 59.7 Å². The van der Waals surface area contributed by atoms with E-state index in [0.29, 0.717) is 6.54 Å². The van der Waals surface area contributed by atoms with E-state index in [1.54, 1.807) is 0 Å². The number of allylic oxidation sites excluding steroid dienone is 1. The highest BCUT2D eigenvalue weighted by molar-refractivity contribution is 6.24. The molecule has 0 bridgehead atoms. The normalized spacial score (nSPS) is 28.2. The second kappa shape index (κ2) is 10.1. The average molecular weight is 594 g/mol. The second-order valence-corrected chi connectivity index (χ2v) is 11.9. The maximum Gasteiger partial charge on any atom is 0.417 e. The summed E-state index contributed by atoms with van der Waals surface area (Å²) in [5.41, 5.74) is -1.28. The summed E-state index contributed by atoms with van der Waals surface area (Å²) in [5, 5.41) is 44.8. The number of rotatable bonds is 6. The number of Topliss-reactive ketones (excluding diaryl/α,β-unsaturated/α-hetero) is 2. The smallest absolute Gasteiger partial charge is 0.417 e. The van der Waals surface area contributed by atoms with E-state index in [4.69, 9.17) is 5.73 Å².